The molecule has 0 aliphatic rings. The van der Waals surface area contributed by atoms with Gasteiger partial charge >= 0.3 is 6.03 Å². The highest BCUT2D eigenvalue weighted by molar-refractivity contribution is 7.80. The molecule has 4 nitrogen and oxygen atoms in total. The Morgan fingerprint density at radius 2 is 2.22 bits per heavy atom. The van der Waals surface area contributed by atoms with Gasteiger partial charge in [0, 0.05) is 11.7 Å². The van der Waals surface area contributed by atoms with Crippen LogP contribution in [0.3, 0.4) is 0 Å². The van der Waals surface area contributed by atoms with E-state index in [1.807, 2.05) is 13.8 Å². The number of nitrogens with zero attached hydrogens (tertiary/aromatic N) is 1. The summed E-state index contributed by atoms with van der Waals surface area (Å²) < 4.78 is 13.0. The lowest BCUT2D eigenvalue weighted by molar-refractivity contribution is 0.206. The number of rotatable bonds is 4. The summed E-state index contributed by atoms with van der Waals surface area (Å²) in [6.07, 6.45) is 0. The Hall–Kier alpha value is -1.69. The fraction of sp³-hybridized carbons (Fsp3) is 0.333. The van der Waals surface area contributed by atoms with Gasteiger partial charge in [-0.1, -0.05) is 18.3 Å². The second-order valence-corrected chi connectivity index (χ2v) is 4.65. The minimum atomic E-state index is -0.404. The third-order valence-electron chi connectivity index (χ3n) is 2.29. The van der Waals surface area contributed by atoms with Crippen LogP contribution in [0.2, 0.25) is 0 Å². The molecule has 2 amide bonds. The number of halogens is 1. The number of hydrogen-bond donors (Lipinski definition) is 2. The van der Waals surface area contributed by atoms with Gasteiger partial charge in [0.1, 0.15) is 5.82 Å². The van der Waals surface area contributed by atoms with Crippen molar-refractivity contribution >= 4 is 28.9 Å². The van der Waals surface area contributed by atoms with Crippen molar-refractivity contribution in [1.82, 2.24) is 4.90 Å². The zero-order chi connectivity index (χ0) is 13.7. The first-order valence-corrected chi connectivity index (χ1v) is 5.92. The van der Waals surface area contributed by atoms with E-state index in [2.05, 4.69) is 5.32 Å². The predicted molar refractivity (Wildman–Crippen MR) is 74.0 cm³/mol. The van der Waals surface area contributed by atoms with Crippen LogP contribution in [-0.4, -0.2) is 28.5 Å². The highest BCUT2D eigenvalue weighted by Gasteiger charge is 2.17. The largest absolute Gasteiger partial charge is 0.392 e. The van der Waals surface area contributed by atoms with Crippen molar-refractivity contribution in [2.45, 2.75) is 19.9 Å². The molecule has 98 valence electrons. The molecule has 1 rings (SSSR count). The molecule has 1 aromatic rings. The lowest BCUT2D eigenvalue weighted by Gasteiger charge is -2.26. The van der Waals surface area contributed by atoms with Crippen LogP contribution in [0, 0.1) is 5.82 Å². The normalized spacial score (nSPS) is 10.2. The van der Waals surface area contributed by atoms with Crippen molar-refractivity contribution in [2.24, 2.45) is 5.73 Å². The number of hydrogen-bond acceptors (Lipinski definition) is 2. The van der Waals surface area contributed by atoms with Crippen LogP contribution in [0.5, 0.6) is 0 Å². The zero-order valence-corrected chi connectivity index (χ0v) is 11.1. The molecule has 0 saturated heterocycles. The summed E-state index contributed by atoms with van der Waals surface area (Å²) in [7, 11) is 0. The molecule has 3 N–H and O–H groups in total. The first kappa shape index (κ1) is 14.4. The van der Waals surface area contributed by atoms with E-state index in [-0.39, 0.29) is 23.6 Å². The summed E-state index contributed by atoms with van der Waals surface area (Å²) in [6, 6.07) is 5.28. The first-order chi connectivity index (χ1) is 8.40. The van der Waals surface area contributed by atoms with Crippen molar-refractivity contribution in [3.05, 3.63) is 30.1 Å². The second kappa shape index (κ2) is 6.30. The molecule has 0 radical (unpaired) electrons. The van der Waals surface area contributed by atoms with E-state index in [4.69, 9.17) is 18.0 Å². The number of nitrogens with one attached hydrogen (secondary N) is 1. The quantitative estimate of drug-likeness (QED) is 0.825. The van der Waals surface area contributed by atoms with Gasteiger partial charge in [0.2, 0.25) is 0 Å². The molecule has 0 spiro atoms. The van der Waals surface area contributed by atoms with Crippen molar-refractivity contribution in [3.8, 4) is 0 Å². The van der Waals surface area contributed by atoms with E-state index in [1.54, 1.807) is 6.07 Å². The topological polar surface area (TPSA) is 58.4 Å². The Kier molecular flexibility index (Phi) is 5.03. The molecule has 0 aliphatic carbocycles. The fourth-order valence-corrected chi connectivity index (χ4v) is 1.56. The fourth-order valence-electron chi connectivity index (χ4n) is 1.42. The molecule has 0 saturated carbocycles. The van der Waals surface area contributed by atoms with E-state index in [0.717, 1.165) is 0 Å². The van der Waals surface area contributed by atoms with E-state index in [1.165, 1.54) is 23.1 Å². The third kappa shape index (κ3) is 4.29. The Bertz CT molecular complexity index is 451. The minimum Gasteiger partial charge on any atom is -0.392 e. The average Bonchev–Trinajstić information content (AvgIpc) is 2.25. The van der Waals surface area contributed by atoms with Crippen LogP contribution < -0.4 is 11.1 Å². The highest BCUT2D eigenvalue weighted by Crippen LogP contribution is 2.11. The summed E-state index contributed by atoms with van der Waals surface area (Å²) in [5, 5.41) is 2.60. The van der Waals surface area contributed by atoms with Crippen LogP contribution >= 0.6 is 12.2 Å². The third-order valence-corrected chi connectivity index (χ3v) is 2.42. The lowest BCUT2D eigenvalue weighted by atomic mass is 10.3. The Labute approximate surface area is 111 Å². The monoisotopic (exact) mass is 269 g/mol. The summed E-state index contributed by atoms with van der Waals surface area (Å²) in [5.74, 6) is -0.404. The summed E-state index contributed by atoms with van der Waals surface area (Å²) in [5.41, 5.74) is 5.83. The van der Waals surface area contributed by atoms with E-state index in [9.17, 15) is 9.18 Å². The molecule has 6 heteroatoms. The van der Waals surface area contributed by atoms with Crippen LogP contribution in [-0.2, 0) is 0 Å². The molecule has 0 bridgehead atoms. The predicted octanol–water partition coefficient (Wildman–Crippen LogP) is 2.35. The molecule has 0 aliphatic heterocycles. The van der Waals surface area contributed by atoms with Gasteiger partial charge in [-0.25, -0.2) is 9.18 Å². The SMILES string of the molecule is CC(C)N(CC(N)=S)C(=O)Nc1cccc(F)c1. The number of thiocarbonyl (C=S) groups is 1. The average molecular weight is 269 g/mol. The molecule has 0 heterocycles. The summed E-state index contributed by atoms with van der Waals surface area (Å²) >= 11 is 4.79. The van der Waals surface area contributed by atoms with Crippen LogP contribution in [0.15, 0.2) is 24.3 Å². The van der Waals surface area contributed by atoms with E-state index in [0.29, 0.717) is 5.69 Å². The molecular formula is C12H16FN3OS. The number of amides is 2. The number of urea groups is 1. The van der Waals surface area contributed by atoms with E-state index < -0.39 is 5.82 Å². The number of carbonyl (C=O) groups excluding carboxylic acids is 1. The van der Waals surface area contributed by atoms with Crippen molar-refractivity contribution in [2.75, 3.05) is 11.9 Å². The lowest BCUT2D eigenvalue weighted by Crippen LogP contribution is -2.44. The molecule has 18 heavy (non-hydrogen) atoms. The van der Waals surface area contributed by atoms with Crippen molar-refractivity contribution < 1.29 is 9.18 Å². The highest BCUT2D eigenvalue weighted by atomic mass is 32.1. The van der Waals surface area contributed by atoms with Gasteiger partial charge in [-0.3, -0.25) is 0 Å². The van der Waals surface area contributed by atoms with Crippen molar-refractivity contribution in [3.63, 3.8) is 0 Å². The molecular weight excluding hydrogens is 253 g/mol. The maximum Gasteiger partial charge on any atom is 0.322 e. The van der Waals surface area contributed by atoms with E-state index >= 15 is 0 Å². The Morgan fingerprint density at radius 1 is 1.56 bits per heavy atom. The maximum atomic E-state index is 13.0. The standard InChI is InChI=1S/C12H16FN3OS/c1-8(2)16(7-11(14)18)12(17)15-10-5-3-4-9(13)6-10/h3-6,8H,7H2,1-2H3,(H2,14,18)(H,15,17). The maximum absolute atomic E-state index is 13.0. The van der Waals surface area contributed by atoms with Gasteiger partial charge in [-0.2, -0.15) is 0 Å². The molecule has 0 unspecified atom stereocenters. The van der Waals surface area contributed by atoms with Crippen LogP contribution in [0.4, 0.5) is 14.9 Å². The number of nitrogens with two attached hydrogens (primary N) is 1. The molecule has 0 atom stereocenters. The molecule has 0 fully saturated rings. The van der Waals surface area contributed by atoms with Crippen LogP contribution in [0.25, 0.3) is 0 Å². The smallest absolute Gasteiger partial charge is 0.322 e. The van der Waals surface area contributed by atoms with Gasteiger partial charge in [0.05, 0.1) is 11.5 Å². The Balaban J connectivity index is 2.75. The van der Waals surface area contributed by atoms with Gasteiger partial charge in [0.15, 0.2) is 0 Å². The summed E-state index contributed by atoms with van der Waals surface area (Å²) in [6.45, 7) is 3.89. The van der Waals surface area contributed by atoms with Gasteiger partial charge in [0.25, 0.3) is 0 Å². The van der Waals surface area contributed by atoms with Gasteiger partial charge in [-0.15, -0.1) is 0 Å². The molecule has 0 aromatic heterocycles. The number of anilines is 1. The Morgan fingerprint density at radius 3 is 2.72 bits per heavy atom. The molecule has 1 aromatic carbocycles. The van der Waals surface area contributed by atoms with Crippen LogP contribution in [0.1, 0.15) is 13.8 Å². The minimum absolute atomic E-state index is 0.0555. The first-order valence-electron chi connectivity index (χ1n) is 5.51. The second-order valence-electron chi connectivity index (χ2n) is 4.13. The zero-order valence-electron chi connectivity index (χ0n) is 10.3. The van der Waals surface area contributed by atoms with Crippen molar-refractivity contribution in [1.29, 1.82) is 0 Å². The number of carbonyl (C=O) groups is 1. The van der Waals surface area contributed by atoms with Gasteiger partial charge < -0.3 is 16.0 Å². The summed E-state index contributed by atoms with van der Waals surface area (Å²) in [4.78, 5) is 13.7. The number of benzene rings is 1. The van der Waals surface area contributed by atoms with Gasteiger partial charge in [-0.05, 0) is 32.0 Å².